The summed E-state index contributed by atoms with van der Waals surface area (Å²) >= 11 is 0. The predicted molar refractivity (Wildman–Crippen MR) is 91.0 cm³/mol. The number of nitrogens with one attached hydrogen (secondary N) is 1. The van der Waals surface area contributed by atoms with Gasteiger partial charge in [-0.15, -0.1) is 0 Å². The first-order valence-corrected chi connectivity index (χ1v) is 8.95. The lowest BCUT2D eigenvalue weighted by atomic mass is 10.1. The molecule has 0 unspecified atom stereocenters. The zero-order chi connectivity index (χ0) is 18.2. The number of benzene rings is 1. The topological polar surface area (TPSA) is 101 Å². The minimum atomic E-state index is -3.82. The van der Waals surface area contributed by atoms with E-state index in [-0.39, 0.29) is 16.5 Å². The normalized spacial score (nSPS) is 11.8. The number of aryl methyl sites for hydroxylation is 2. The minimum Gasteiger partial charge on any atom is -0.478 e. The van der Waals surface area contributed by atoms with Gasteiger partial charge in [0.15, 0.2) is 0 Å². The van der Waals surface area contributed by atoms with Crippen molar-refractivity contribution in [2.24, 2.45) is 0 Å². The lowest BCUT2D eigenvalue weighted by Crippen LogP contribution is -2.16. The molecular weight excluding hydrogens is 330 g/mol. The van der Waals surface area contributed by atoms with Gasteiger partial charge in [-0.3, -0.25) is 9.40 Å². The van der Waals surface area contributed by atoms with Gasteiger partial charge >= 0.3 is 5.97 Å². The van der Waals surface area contributed by atoms with E-state index in [0.29, 0.717) is 22.6 Å². The number of hydrogen-bond donors (Lipinski definition) is 2. The maximum absolute atomic E-state index is 12.8. The Bertz CT molecular complexity index is 898. The Morgan fingerprint density at radius 2 is 1.88 bits per heavy atom. The fourth-order valence-electron chi connectivity index (χ4n) is 2.65. The molecule has 8 heteroatoms. The molecule has 0 amide bonds. The van der Waals surface area contributed by atoms with Crippen LogP contribution in [0.5, 0.6) is 0 Å². The molecule has 0 aliphatic heterocycles. The maximum Gasteiger partial charge on any atom is 0.335 e. The molecule has 0 saturated carbocycles. The number of hydrogen-bond acceptors (Lipinski definition) is 4. The molecule has 1 aromatic heterocycles. The number of sulfonamides is 1. The molecule has 0 aliphatic rings. The minimum absolute atomic E-state index is 0.0456. The molecule has 0 fully saturated rings. The Morgan fingerprint density at radius 3 is 2.33 bits per heavy atom. The molecular formula is C16H21N3O4S. The van der Waals surface area contributed by atoms with Crippen molar-refractivity contribution in [2.45, 2.75) is 45.6 Å². The smallest absolute Gasteiger partial charge is 0.335 e. The summed E-state index contributed by atoms with van der Waals surface area (Å²) in [5.41, 5.74) is 1.97. The molecule has 2 N–H and O–H groups in total. The lowest BCUT2D eigenvalue weighted by Gasteiger charge is -2.12. The van der Waals surface area contributed by atoms with E-state index < -0.39 is 16.0 Å². The highest BCUT2D eigenvalue weighted by Crippen LogP contribution is 2.26. The van der Waals surface area contributed by atoms with Crippen molar-refractivity contribution in [2.75, 3.05) is 4.72 Å². The van der Waals surface area contributed by atoms with Crippen LogP contribution < -0.4 is 4.72 Å². The molecule has 0 saturated heterocycles. The SMILES string of the molecule is Cc1cc(C(=O)O)ccc1NS(=O)(=O)c1c(C)nn(C(C)C)c1C. The van der Waals surface area contributed by atoms with Crippen molar-refractivity contribution in [1.29, 1.82) is 0 Å². The quantitative estimate of drug-likeness (QED) is 0.862. The fraction of sp³-hybridized carbons (Fsp3) is 0.375. The predicted octanol–water partition coefficient (Wildman–Crippen LogP) is 2.89. The van der Waals surface area contributed by atoms with Crippen molar-refractivity contribution < 1.29 is 18.3 Å². The molecule has 0 bridgehead atoms. The fourth-order valence-corrected chi connectivity index (χ4v) is 4.18. The maximum atomic E-state index is 12.8. The molecule has 130 valence electrons. The Morgan fingerprint density at radius 1 is 1.25 bits per heavy atom. The Labute approximate surface area is 141 Å². The number of anilines is 1. The van der Waals surface area contributed by atoms with Crippen molar-refractivity contribution >= 4 is 21.7 Å². The molecule has 2 aromatic rings. The second-order valence-electron chi connectivity index (χ2n) is 5.98. The van der Waals surface area contributed by atoms with Crippen LogP contribution in [0.25, 0.3) is 0 Å². The standard InChI is InChI=1S/C16H21N3O4S/c1-9(2)19-12(5)15(11(4)17-19)24(22,23)18-14-7-6-13(16(20)21)8-10(14)3/h6-9,18H,1-5H3,(H,20,21). The second-order valence-corrected chi connectivity index (χ2v) is 7.60. The van der Waals surface area contributed by atoms with E-state index >= 15 is 0 Å². The van der Waals surface area contributed by atoms with Crippen LogP contribution in [0.2, 0.25) is 0 Å². The number of carboxylic acids is 1. The summed E-state index contributed by atoms with van der Waals surface area (Å²) < 4.78 is 29.7. The van der Waals surface area contributed by atoms with Gasteiger partial charge in [0, 0.05) is 6.04 Å². The van der Waals surface area contributed by atoms with Crippen LogP contribution in [0, 0.1) is 20.8 Å². The number of rotatable bonds is 5. The summed E-state index contributed by atoms with van der Waals surface area (Å²) in [7, 11) is -3.82. The first-order chi connectivity index (χ1) is 11.0. The van der Waals surface area contributed by atoms with Crippen LogP contribution in [-0.4, -0.2) is 29.3 Å². The third-order valence-corrected chi connectivity index (χ3v) is 5.35. The molecule has 0 radical (unpaired) electrons. The first-order valence-electron chi connectivity index (χ1n) is 7.47. The van der Waals surface area contributed by atoms with Gasteiger partial charge in [0.2, 0.25) is 0 Å². The van der Waals surface area contributed by atoms with Crippen molar-refractivity contribution in [3.63, 3.8) is 0 Å². The van der Waals surface area contributed by atoms with E-state index in [2.05, 4.69) is 9.82 Å². The highest BCUT2D eigenvalue weighted by atomic mass is 32.2. The molecule has 7 nitrogen and oxygen atoms in total. The first kappa shape index (κ1) is 18.0. The molecule has 1 aromatic carbocycles. The molecule has 24 heavy (non-hydrogen) atoms. The number of aromatic nitrogens is 2. The number of carbonyl (C=O) groups is 1. The van der Waals surface area contributed by atoms with Gasteiger partial charge in [-0.25, -0.2) is 13.2 Å². The summed E-state index contributed by atoms with van der Waals surface area (Å²) in [5.74, 6) is -1.06. The number of aromatic carboxylic acids is 1. The van der Waals surface area contributed by atoms with E-state index in [4.69, 9.17) is 5.11 Å². The molecule has 0 spiro atoms. The van der Waals surface area contributed by atoms with E-state index in [0.717, 1.165) is 0 Å². The third kappa shape index (κ3) is 3.28. The van der Waals surface area contributed by atoms with Gasteiger partial charge in [0.1, 0.15) is 4.90 Å². The number of nitrogens with zero attached hydrogens (tertiary/aromatic N) is 2. The van der Waals surface area contributed by atoms with Crippen LogP contribution in [0.1, 0.15) is 47.2 Å². The van der Waals surface area contributed by atoms with E-state index in [9.17, 15) is 13.2 Å². The third-order valence-electron chi connectivity index (χ3n) is 3.73. The van der Waals surface area contributed by atoms with Crippen molar-refractivity contribution in [3.8, 4) is 0 Å². The molecule has 0 aliphatic carbocycles. The van der Waals surface area contributed by atoms with E-state index in [1.807, 2.05) is 13.8 Å². The molecule has 2 rings (SSSR count). The van der Waals surface area contributed by atoms with Gasteiger partial charge in [-0.1, -0.05) is 0 Å². The monoisotopic (exact) mass is 351 g/mol. The zero-order valence-corrected chi connectivity index (χ0v) is 15.1. The van der Waals surface area contributed by atoms with Crippen LogP contribution in [-0.2, 0) is 10.0 Å². The highest BCUT2D eigenvalue weighted by molar-refractivity contribution is 7.92. The highest BCUT2D eigenvalue weighted by Gasteiger charge is 2.26. The van der Waals surface area contributed by atoms with Crippen LogP contribution in [0.4, 0.5) is 5.69 Å². The summed E-state index contributed by atoms with van der Waals surface area (Å²) in [6.07, 6.45) is 0. The average Bonchev–Trinajstić information content (AvgIpc) is 2.76. The lowest BCUT2D eigenvalue weighted by molar-refractivity contribution is 0.0697. The summed E-state index contributed by atoms with van der Waals surface area (Å²) in [4.78, 5) is 11.1. The Hall–Kier alpha value is -2.35. The Kier molecular flexibility index (Phi) is 4.70. The van der Waals surface area contributed by atoms with Crippen LogP contribution >= 0.6 is 0 Å². The summed E-state index contributed by atoms with van der Waals surface area (Å²) in [6.45, 7) is 8.88. The van der Waals surface area contributed by atoms with E-state index in [1.54, 1.807) is 25.5 Å². The van der Waals surface area contributed by atoms with Gasteiger partial charge in [-0.2, -0.15) is 5.10 Å². The van der Waals surface area contributed by atoms with Gasteiger partial charge < -0.3 is 5.11 Å². The summed E-state index contributed by atoms with van der Waals surface area (Å²) in [5, 5.41) is 13.3. The van der Waals surface area contributed by atoms with E-state index in [1.165, 1.54) is 18.2 Å². The van der Waals surface area contributed by atoms with Crippen molar-refractivity contribution in [1.82, 2.24) is 9.78 Å². The molecule has 1 heterocycles. The zero-order valence-electron chi connectivity index (χ0n) is 14.3. The van der Waals surface area contributed by atoms with Gasteiger partial charge in [0.05, 0.1) is 22.6 Å². The number of carboxylic acid groups (broad SMARTS) is 1. The van der Waals surface area contributed by atoms with Gasteiger partial charge in [0.25, 0.3) is 10.0 Å². The summed E-state index contributed by atoms with van der Waals surface area (Å²) in [6, 6.07) is 4.29. The van der Waals surface area contributed by atoms with Gasteiger partial charge in [-0.05, 0) is 58.4 Å². The average molecular weight is 351 g/mol. The molecule has 0 atom stereocenters. The van der Waals surface area contributed by atoms with Crippen LogP contribution in [0.15, 0.2) is 23.1 Å². The Balaban J connectivity index is 2.45. The second kappa shape index (κ2) is 6.27. The van der Waals surface area contributed by atoms with Crippen molar-refractivity contribution in [3.05, 3.63) is 40.7 Å². The van der Waals surface area contributed by atoms with Crippen LogP contribution in [0.3, 0.4) is 0 Å². The largest absolute Gasteiger partial charge is 0.478 e.